The molecule has 2 aromatic carbocycles. The van der Waals surface area contributed by atoms with E-state index in [2.05, 4.69) is 10.4 Å². The highest BCUT2D eigenvalue weighted by Crippen LogP contribution is 2.13. The van der Waals surface area contributed by atoms with Crippen molar-refractivity contribution >= 4 is 21.6 Å². The van der Waals surface area contributed by atoms with Crippen molar-refractivity contribution in [2.45, 2.75) is 11.4 Å². The summed E-state index contributed by atoms with van der Waals surface area (Å²) in [5.41, 5.74) is 0.979. The number of carbonyl (C=O) groups excluding carboxylic acids is 1. The SMILES string of the molecule is NS(=O)(=O)c1ccc(NC(=O)c2ccc(=O)n(Cc3ccccc3)n2)cc1. The second-order valence-electron chi connectivity index (χ2n) is 5.72. The molecule has 0 unspecified atom stereocenters. The molecule has 0 saturated heterocycles. The van der Waals surface area contributed by atoms with E-state index in [1.54, 1.807) is 0 Å². The average Bonchev–Trinajstić information content (AvgIpc) is 2.64. The number of benzene rings is 2. The van der Waals surface area contributed by atoms with Crippen molar-refractivity contribution in [2.24, 2.45) is 5.14 Å². The molecular formula is C18H16N4O4S. The first-order valence-corrected chi connectivity index (χ1v) is 9.44. The quantitative estimate of drug-likeness (QED) is 0.684. The number of carbonyl (C=O) groups is 1. The van der Waals surface area contributed by atoms with Gasteiger partial charge in [-0.15, -0.1) is 0 Å². The molecule has 0 spiro atoms. The zero-order chi connectivity index (χ0) is 19.4. The molecule has 1 amide bonds. The summed E-state index contributed by atoms with van der Waals surface area (Å²) in [4.78, 5) is 24.3. The Morgan fingerprint density at radius 1 is 1.00 bits per heavy atom. The number of primary sulfonamides is 1. The maximum absolute atomic E-state index is 12.4. The van der Waals surface area contributed by atoms with Gasteiger partial charge in [-0.3, -0.25) is 9.59 Å². The summed E-state index contributed by atoms with van der Waals surface area (Å²) in [5, 5.41) is 11.7. The van der Waals surface area contributed by atoms with E-state index in [1.165, 1.54) is 41.1 Å². The predicted octanol–water partition coefficient (Wildman–Crippen LogP) is 1.19. The molecule has 9 heteroatoms. The van der Waals surface area contributed by atoms with Crippen LogP contribution >= 0.6 is 0 Å². The van der Waals surface area contributed by atoms with Gasteiger partial charge in [0.05, 0.1) is 11.4 Å². The van der Waals surface area contributed by atoms with E-state index in [9.17, 15) is 18.0 Å². The lowest BCUT2D eigenvalue weighted by atomic mass is 10.2. The van der Waals surface area contributed by atoms with Crippen molar-refractivity contribution in [2.75, 3.05) is 5.32 Å². The van der Waals surface area contributed by atoms with Gasteiger partial charge in [0.25, 0.3) is 11.5 Å². The molecule has 27 heavy (non-hydrogen) atoms. The number of aromatic nitrogens is 2. The zero-order valence-electron chi connectivity index (χ0n) is 14.1. The number of amides is 1. The molecule has 0 fully saturated rings. The van der Waals surface area contributed by atoms with E-state index in [0.717, 1.165) is 5.56 Å². The lowest BCUT2D eigenvalue weighted by molar-refractivity contribution is 0.102. The van der Waals surface area contributed by atoms with Crippen LogP contribution in [0.15, 0.2) is 76.4 Å². The maximum Gasteiger partial charge on any atom is 0.276 e. The molecule has 0 radical (unpaired) electrons. The molecule has 1 heterocycles. The Bertz CT molecular complexity index is 1120. The molecule has 0 aliphatic heterocycles. The van der Waals surface area contributed by atoms with Crippen molar-refractivity contribution in [1.82, 2.24) is 9.78 Å². The number of nitrogens with zero attached hydrogens (tertiary/aromatic N) is 2. The number of anilines is 1. The minimum atomic E-state index is -3.80. The molecule has 1 aromatic heterocycles. The Morgan fingerprint density at radius 2 is 1.67 bits per heavy atom. The van der Waals surface area contributed by atoms with E-state index in [1.807, 2.05) is 30.3 Å². The third-order valence-electron chi connectivity index (χ3n) is 3.72. The summed E-state index contributed by atoms with van der Waals surface area (Å²) in [6.07, 6.45) is 0. The van der Waals surface area contributed by atoms with Gasteiger partial charge in [0.15, 0.2) is 0 Å². The highest BCUT2D eigenvalue weighted by molar-refractivity contribution is 7.89. The number of nitrogens with one attached hydrogen (secondary N) is 1. The maximum atomic E-state index is 12.4. The van der Waals surface area contributed by atoms with Crippen LogP contribution < -0.4 is 16.0 Å². The molecule has 0 saturated carbocycles. The molecule has 0 bridgehead atoms. The first-order valence-electron chi connectivity index (χ1n) is 7.89. The number of rotatable bonds is 5. The van der Waals surface area contributed by atoms with Gasteiger partial charge in [-0.25, -0.2) is 18.2 Å². The van der Waals surface area contributed by atoms with Crippen LogP contribution in [0.3, 0.4) is 0 Å². The summed E-state index contributed by atoms with van der Waals surface area (Å²) >= 11 is 0. The minimum absolute atomic E-state index is 0.0565. The second-order valence-corrected chi connectivity index (χ2v) is 7.28. The smallest absolute Gasteiger partial charge is 0.276 e. The number of hydrogen-bond acceptors (Lipinski definition) is 5. The Morgan fingerprint density at radius 3 is 2.30 bits per heavy atom. The zero-order valence-corrected chi connectivity index (χ0v) is 14.9. The summed E-state index contributed by atoms with van der Waals surface area (Å²) < 4.78 is 23.7. The molecular weight excluding hydrogens is 368 g/mol. The van der Waals surface area contributed by atoms with E-state index in [0.29, 0.717) is 5.69 Å². The molecule has 3 aromatic rings. The largest absolute Gasteiger partial charge is 0.321 e. The second kappa shape index (κ2) is 7.52. The fourth-order valence-electron chi connectivity index (χ4n) is 2.36. The van der Waals surface area contributed by atoms with Crippen molar-refractivity contribution in [3.63, 3.8) is 0 Å². The van der Waals surface area contributed by atoms with Crippen LogP contribution in [0.1, 0.15) is 16.1 Å². The van der Waals surface area contributed by atoms with Gasteiger partial charge in [0.2, 0.25) is 10.0 Å². The van der Waals surface area contributed by atoms with Crippen LogP contribution in [0.5, 0.6) is 0 Å². The van der Waals surface area contributed by atoms with Gasteiger partial charge in [0, 0.05) is 11.8 Å². The molecule has 0 aliphatic carbocycles. The fourth-order valence-corrected chi connectivity index (χ4v) is 2.88. The number of sulfonamides is 1. The van der Waals surface area contributed by atoms with Crippen LogP contribution in [-0.2, 0) is 16.6 Å². The Labute approximate surface area is 155 Å². The topological polar surface area (TPSA) is 124 Å². The average molecular weight is 384 g/mol. The number of hydrogen-bond donors (Lipinski definition) is 2. The summed E-state index contributed by atoms with van der Waals surface area (Å²) in [6.45, 7) is 0.240. The van der Waals surface area contributed by atoms with E-state index in [4.69, 9.17) is 5.14 Å². The molecule has 3 rings (SSSR count). The van der Waals surface area contributed by atoms with E-state index < -0.39 is 15.9 Å². The summed E-state index contributed by atoms with van der Waals surface area (Å²) in [6, 6.07) is 17.3. The third kappa shape index (κ3) is 4.66. The van der Waals surface area contributed by atoms with Gasteiger partial charge < -0.3 is 5.32 Å². The van der Waals surface area contributed by atoms with Crippen LogP contribution in [0.4, 0.5) is 5.69 Å². The molecule has 3 N–H and O–H groups in total. The normalized spacial score (nSPS) is 11.1. The van der Waals surface area contributed by atoms with Crippen molar-refractivity contribution in [1.29, 1.82) is 0 Å². The van der Waals surface area contributed by atoms with Crippen LogP contribution in [0.2, 0.25) is 0 Å². The van der Waals surface area contributed by atoms with Crippen LogP contribution in [0.25, 0.3) is 0 Å². The Hall–Kier alpha value is -3.30. The Kier molecular flexibility index (Phi) is 5.15. The Balaban J connectivity index is 1.79. The molecule has 0 atom stereocenters. The van der Waals surface area contributed by atoms with Gasteiger partial charge in [-0.2, -0.15) is 5.10 Å². The number of nitrogens with two attached hydrogens (primary N) is 1. The fraction of sp³-hybridized carbons (Fsp3) is 0.0556. The highest BCUT2D eigenvalue weighted by Gasteiger charge is 2.12. The van der Waals surface area contributed by atoms with Gasteiger partial charge >= 0.3 is 0 Å². The van der Waals surface area contributed by atoms with Crippen LogP contribution in [-0.4, -0.2) is 24.1 Å². The first-order chi connectivity index (χ1) is 12.8. The molecule has 138 valence electrons. The van der Waals surface area contributed by atoms with Crippen molar-refractivity contribution in [3.05, 3.63) is 88.3 Å². The van der Waals surface area contributed by atoms with Crippen molar-refractivity contribution < 1.29 is 13.2 Å². The first kappa shape index (κ1) is 18.5. The predicted molar refractivity (Wildman–Crippen MR) is 99.8 cm³/mol. The minimum Gasteiger partial charge on any atom is -0.321 e. The van der Waals surface area contributed by atoms with Gasteiger partial charge in [-0.1, -0.05) is 30.3 Å². The van der Waals surface area contributed by atoms with Crippen molar-refractivity contribution in [3.8, 4) is 0 Å². The van der Waals surface area contributed by atoms with Gasteiger partial charge in [0.1, 0.15) is 5.69 Å². The summed E-state index contributed by atoms with van der Waals surface area (Å²) in [5.74, 6) is -0.528. The lowest BCUT2D eigenvalue weighted by Gasteiger charge is -2.08. The monoisotopic (exact) mass is 384 g/mol. The standard InChI is InChI=1S/C18H16N4O4S/c19-27(25,26)15-8-6-14(7-9-15)20-18(24)16-10-11-17(23)22(21-16)12-13-4-2-1-3-5-13/h1-11H,12H2,(H,20,24)(H2,19,25,26). The third-order valence-corrected chi connectivity index (χ3v) is 4.64. The lowest BCUT2D eigenvalue weighted by Crippen LogP contribution is -2.26. The van der Waals surface area contributed by atoms with E-state index in [-0.39, 0.29) is 22.7 Å². The summed E-state index contributed by atoms with van der Waals surface area (Å²) in [7, 11) is -3.80. The van der Waals surface area contributed by atoms with Gasteiger partial charge in [-0.05, 0) is 35.9 Å². The molecule has 8 nitrogen and oxygen atoms in total. The highest BCUT2D eigenvalue weighted by atomic mass is 32.2. The molecule has 0 aliphatic rings. The van der Waals surface area contributed by atoms with E-state index >= 15 is 0 Å². The van der Waals surface area contributed by atoms with Crippen LogP contribution in [0, 0.1) is 0 Å².